The quantitative estimate of drug-likeness (QED) is 0.0886. The van der Waals surface area contributed by atoms with E-state index in [1.807, 2.05) is 26.0 Å². The van der Waals surface area contributed by atoms with Crippen molar-refractivity contribution in [2.24, 2.45) is 5.92 Å². The summed E-state index contributed by atoms with van der Waals surface area (Å²) in [6.07, 6.45) is 2.74. The van der Waals surface area contributed by atoms with Gasteiger partial charge in [-0.05, 0) is 43.2 Å². The highest BCUT2D eigenvalue weighted by atomic mass is 16.4. The van der Waals surface area contributed by atoms with Crippen molar-refractivity contribution >= 4 is 24.8 Å². The summed E-state index contributed by atoms with van der Waals surface area (Å²) in [6.45, 7) is 3.96. The number of pyridine rings is 1. The van der Waals surface area contributed by atoms with Gasteiger partial charge in [0.1, 0.15) is 23.4 Å². The number of H-pyrrole nitrogens is 1. The van der Waals surface area contributed by atoms with Gasteiger partial charge in [0.2, 0.25) is 11.5 Å². The first-order valence-electron chi connectivity index (χ1n) is 12.7. The molecule has 2 aromatic rings. The van der Waals surface area contributed by atoms with Crippen LogP contribution in [0.4, 0.5) is 0 Å². The summed E-state index contributed by atoms with van der Waals surface area (Å²) < 4.78 is 0. The van der Waals surface area contributed by atoms with Crippen LogP contribution in [0.25, 0.3) is 0 Å². The van der Waals surface area contributed by atoms with Crippen LogP contribution >= 0.6 is 0 Å². The van der Waals surface area contributed by atoms with Gasteiger partial charge in [-0.15, -0.1) is 0 Å². The van der Waals surface area contributed by atoms with E-state index in [0.717, 1.165) is 5.56 Å². The molecule has 2 rings (SSSR count). The van der Waals surface area contributed by atoms with Gasteiger partial charge in [0.15, 0.2) is 0 Å². The van der Waals surface area contributed by atoms with Crippen LogP contribution in [0, 0.1) is 17.2 Å². The molecule has 0 aliphatic rings. The first kappa shape index (κ1) is 31.0. The highest BCUT2D eigenvalue weighted by Gasteiger charge is 2.29. The van der Waals surface area contributed by atoms with Crippen LogP contribution in [-0.4, -0.2) is 58.4 Å². The van der Waals surface area contributed by atoms with Crippen molar-refractivity contribution in [3.63, 3.8) is 0 Å². The molecule has 11 nitrogen and oxygen atoms in total. The lowest BCUT2D eigenvalue weighted by Crippen LogP contribution is -2.54. The smallest absolute Gasteiger partial charge is 0.426 e. The predicted octanol–water partition coefficient (Wildman–Crippen LogP) is 0.605. The number of nitriles is 1. The Morgan fingerprint density at radius 2 is 1.77 bits per heavy atom. The second kappa shape index (κ2) is 15.9. The maximum atomic E-state index is 13.2. The standard InChI is InChI=1S/C27H34BN5O6/c1-18(2)15-20(17-29)25(35)30-14-7-6-11-22(32-26(36)21-12-8-13-24(34)31-21)27(37)33-23(28(38)39)16-19-9-4-3-5-10-19/h3-5,8-10,12-13,15,18,22-23,38-39H,6-7,11,14,16H2,1-2H3,(H,30,35)(H,31,34)(H,32,36)(H,33,37)/t22-,23-/m0/s1. The molecular formula is C27H34BN5O6. The highest BCUT2D eigenvalue weighted by Crippen LogP contribution is 2.08. The van der Waals surface area contributed by atoms with E-state index in [4.69, 9.17) is 5.26 Å². The number of rotatable bonds is 14. The van der Waals surface area contributed by atoms with Gasteiger partial charge in [0, 0.05) is 12.6 Å². The van der Waals surface area contributed by atoms with Crippen LogP contribution in [0.2, 0.25) is 0 Å². The van der Waals surface area contributed by atoms with Crippen LogP contribution in [0.15, 0.2) is 65.0 Å². The van der Waals surface area contributed by atoms with Crippen LogP contribution in [0.3, 0.4) is 0 Å². The number of allylic oxidation sites excluding steroid dienone is 1. The van der Waals surface area contributed by atoms with Gasteiger partial charge in [0.05, 0.1) is 5.94 Å². The van der Waals surface area contributed by atoms with Crippen molar-refractivity contribution in [1.82, 2.24) is 20.9 Å². The molecule has 0 saturated carbocycles. The number of aromatic nitrogens is 1. The van der Waals surface area contributed by atoms with E-state index in [-0.39, 0.29) is 36.6 Å². The number of carbonyl (C=O) groups excluding carboxylic acids is 3. The van der Waals surface area contributed by atoms with E-state index >= 15 is 0 Å². The first-order valence-corrected chi connectivity index (χ1v) is 12.7. The molecule has 6 N–H and O–H groups in total. The lowest BCUT2D eigenvalue weighted by molar-refractivity contribution is -0.123. The number of nitrogens with zero attached hydrogens (tertiary/aromatic N) is 1. The Labute approximate surface area is 227 Å². The van der Waals surface area contributed by atoms with Crippen LogP contribution in [-0.2, 0) is 16.0 Å². The van der Waals surface area contributed by atoms with Crippen LogP contribution in [0.5, 0.6) is 0 Å². The van der Waals surface area contributed by atoms with Gasteiger partial charge in [-0.3, -0.25) is 19.2 Å². The molecule has 0 aliphatic carbocycles. The number of carbonyl (C=O) groups is 3. The second-order valence-electron chi connectivity index (χ2n) is 9.36. The fraction of sp³-hybridized carbons (Fsp3) is 0.370. The average Bonchev–Trinajstić information content (AvgIpc) is 2.90. The molecule has 1 heterocycles. The summed E-state index contributed by atoms with van der Waals surface area (Å²) in [6, 6.07) is 13.8. The second-order valence-corrected chi connectivity index (χ2v) is 9.36. The molecule has 2 atom stereocenters. The third kappa shape index (κ3) is 11.0. The summed E-state index contributed by atoms with van der Waals surface area (Å²) in [5.41, 5.74) is 0.293. The van der Waals surface area contributed by atoms with E-state index in [2.05, 4.69) is 20.9 Å². The number of benzene rings is 1. The summed E-state index contributed by atoms with van der Waals surface area (Å²) in [5, 5.41) is 36.7. The molecule has 0 fully saturated rings. The first-order chi connectivity index (χ1) is 18.6. The molecule has 0 aliphatic heterocycles. The average molecular weight is 535 g/mol. The van der Waals surface area contributed by atoms with Crippen molar-refractivity contribution in [2.75, 3.05) is 6.54 Å². The van der Waals surface area contributed by atoms with Gasteiger partial charge >= 0.3 is 7.12 Å². The molecular weight excluding hydrogens is 501 g/mol. The molecule has 3 amide bonds. The Morgan fingerprint density at radius 1 is 1.05 bits per heavy atom. The molecule has 0 unspecified atom stereocenters. The highest BCUT2D eigenvalue weighted by molar-refractivity contribution is 6.43. The van der Waals surface area contributed by atoms with Gasteiger partial charge in [-0.2, -0.15) is 5.26 Å². The van der Waals surface area contributed by atoms with Gasteiger partial charge in [0.25, 0.3) is 11.8 Å². The van der Waals surface area contributed by atoms with E-state index in [1.54, 1.807) is 30.3 Å². The molecule has 12 heteroatoms. The SMILES string of the molecule is CC(C)C=C(C#N)C(=O)NCCCC[C@H](NC(=O)c1cccc(=O)[nH]1)C(=O)N[C@@H](Cc1ccccc1)B(O)O. The Balaban J connectivity index is 2.06. The summed E-state index contributed by atoms with van der Waals surface area (Å²) in [7, 11) is -1.85. The maximum absolute atomic E-state index is 13.2. The molecule has 0 bridgehead atoms. The van der Waals surface area contributed by atoms with E-state index in [9.17, 15) is 29.2 Å². The van der Waals surface area contributed by atoms with E-state index in [0.29, 0.717) is 12.8 Å². The minimum atomic E-state index is -1.85. The topological polar surface area (TPSA) is 184 Å². The predicted molar refractivity (Wildman–Crippen MR) is 146 cm³/mol. The van der Waals surface area contributed by atoms with Gasteiger partial charge < -0.3 is 31.0 Å². The molecule has 1 aromatic carbocycles. The summed E-state index contributed by atoms with van der Waals surface area (Å²) >= 11 is 0. The van der Waals surface area contributed by atoms with Gasteiger partial charge in [-0.1, -0.05) is 56.3 Å². The molecule has 206 valence electrons. The number of aromatic amines is 1. The summed E-state index contributed by atoms with van der Waals surface area (Å²) in [4.78, 5) is 52.1. The number of hydrogen-bond donors (Lipinski definition) is 6. The molecule has 1 aromatic heterocycles. The van der Waals surface area contributed by atoms with Crippen LogP contribution < -0.4 is 21.5 Å². The zero-order valence-electron chi connectivity index (χ0n) is 22.0. The molecule has 39 heavy (non-hydrogen) atoms. The number of nitrogens with one attached hydrogen (secondary N) is 4. The van der Waals surface area contributed by atoms with Crippen molar-refractivity contribution < 1.29 is 24.4 Å². The maximum Gasteiger partial charge on any atom is 0.475 e. The minimum absolute atomic E-state index is 0.0263. The van der Waals surface area contributed by atoms with Crippen LogP contribution in [0.1, 0.15) is 49.2 Å². The van der Waals surface area contributed by atoms with E-state index < -0.39 is 42.4 Å². The summed E-state index contributed by atoms with van der Waals surface area (Å²) in [5.74, 6) is -2.79. The number of hydrogen-bond acceptors (Lipinski definition) is 7. The largest absolute Gasteiger partial charge is 0.475 e. The minimum Gasteiger partial charge on any atom is -0.426 e. The molecule has 0 spiro atoms. The number of amides is 3. The fourth-order valence-electron chi connectivity index (χ4n) is 3.74. The van der Waals surface area contributed by atoms with Crippen molar-refractivity contribution in [2.45, 2.75) is 51.5 Å². The molecule has 0 radical (unpaired) electrons. The monoisotopic (exact) mass is 535 g/mol. The zero-order valence-corrected chi connectivity index (χ0v) is 22.0. The normalized spacial score (nSPS) is 12.7. The fourth-order valence-corrected chi connectivity index (χ4v) is 3.74. The van der Waals surface area contributed by atoms with Crippen molar-refractivity contribution in [3.05, 3.63) is 81.8 Å². The Morgan fingerprint density at radius 3 is 2.38 bits per heavy atom. The Hall–Kier alpha value is -4.21. The third-order valence-electron chi connectivity index (χ3n) is 5.69. The lowest BCUT2D eigenvalue weighted by Gasteiger charge is -2.23. The lowest BCUT2D eigenvalue weighted by atomic mass is 9.75. The number of unbranched alkanes of at least 4 members (excludes halogenated alkanes) is 1. The van der Waals surface area contributed by atoms with E-state index in [1.165, 1.54) is 18.2 Å². The van der Waals surface area contributed by atoms with Crippen molar-refractivity contribution in [1.29, 1.82) is 5.26 Å². The Kier molecular flexibility index (Phi) is 12.7. The Bertz CT molecular complexity index is 1240. The van der Waals surface area contributed by atoms with Gasteiger partial charge in [-0.25, -0.2) is 0 Å². The van der Waals surface area contributed by atoms with Crippen molar-refractivity contribution in [3.8, 4) is 6.07 Å². The molecule has 0 saturated heterocycles. The third-order valence-corrected chi connectivity index (χ3v) is 5.69. The zero-order chi connectivity index (χ0) is 28.8.